The third-order valence-corrected chi connectivity index (χ3v) is 9.20. The molecule has 1 nitrogen and oxygen atoms in total. The van der Waals surface area contributed by atoms with Gasteiger partial charge in [0.1, 0.15) is 8.31 Å². The van der Waals surface area contributed by atoms with E-state index in [1.165, 1.54) is 17.3 Å². The molecule has 1 atom stereocenters. The van der Waals surface area contributed by atoms with Gasteiger partial charge in [-0.05, 0) is 23.9 Å². The fourth-order valence-corrected chi connectivity index (χ4v) is 7.41. The monoisotopic (exact) mass is 224 g/mol. The molecule has 68 valence electrons. The average molecular weight is 224 g/mol. The quantitative estimate of drug-likeness (QED) is 0.469. The van der Waals surface area contributed by atoms with E-state index in [1.807, 2.05) is 0 Å². The molecule has 1 fully saturated rings. The zero-order valence-corrected chi connectivity index (χ0v) is 10.8. The molecule has 1 aromatic rings. The van der Waals surface area contributed by atoms with Crippen molar-refractivity contribution in [3.63, 3.8) is 0 Å². The lowest BCUT2D eigenvalue weighted by molar-refractivity contribution is 0.336. The van der Waals surface area contributed by atoms with Gasteiger partial charge in [0.25, 0.3) is 0 Å². The molecule has 1 aliphatic rings. The third kappa shape index (κ3) is 2.81. The van der Waals surface area contributed by atoms with Gasteiger partial charge in [-0.1, -0.05) is 12.0 Å². The topological polar surface area (TPSA) is 9.23 Å². The van der Waals surface area contributed by atoms with Crippen molar-refractivity contribution in [2.45, 2.75) is 12.5 Å². The van der Waals surface area contributed by atoms with Crippen LogP contribution in [0.3, 0.4) is 0 Å². The molecule has 0 aromatic carbocycles. The summed E-state index contributed by atoms with van der Waals surface area (Å²) in [5, 5.41) is 2.08. The van der Waals surface area contributed by atoms with Gasteiger partial charge in [-0.25, -0.2) is 0 Å². The lowest BCUT2D eigenvalue weighted by Gasteiger charge is -2.14. The molecule has 0 spiro atoms. The van der Waals surface area contributed by atoms with Crippen LogP contribution in [0.15, 0.2) is 17.5 Å². The first kappa shape index (κ1) is 9.22. The predicted octanol–water partition coefficient (Wildman–Crippen LogP) is 0.867. The van der Waals surface area contributed by atoms with Crippen molar-refractivity contribution >= 4 is 28.9 Å². The van der Waals surface area contributed by atoms with Gasteiger partial charge in [0.2, 0.25) is 0 Å². The molecule has 2 heterocycles. The Morgan fingerprint density at radius 1 is 1.62 bits per heavy atom. The maximum Gasteiger partial charge on any atom is 0.161 e. The normalized spacial score (nSPS) is 23.8. The minimum absolute atomic E-state index is 0.207. The molecule has 0 bridgehead atoms. The van der Waals surface area contributed by atoms with Crippen LogP contribution in [0.5, 0.6) is 0 Å². The van der Waals surface area contributed by atoms with E-state index < -0.39 is 8.31 Å². The molecular weight excluding hydrogens is 212 g/mol. The SMILES string of the molecule is C(#C[SiH]1CCCO[SiH2]1)c1cccs1. The van der Waals surface area contributed by atoms with Crippen LogP contribution in [0.4, 0.5) is 0 Å². The lowest BCUT2D eigenvalue weighted by Crippen LogP contribution is -2.28. The molecule has 1 saturated heterocycles. The highest BCUT2D eigenvalue weighted by Gasteiger charge is 2.13. The molecule has 0 amide bonds. The number of thiophene rings is 1. The summed E-state index contributed by atoms with van der Waals surface area (Å²) in [6.45, 7) is 1.01. The van der Waals surface area contributed by atoms with E-state index in [0.29, 0.717) is 0 Å². The standard InChI is InChI=1S/C9H12OSSi2/c1-3-9(11-6-1)4-8-13-7-2-5-10-12-13/h1,3,6,13H,2,5,7,12H2. The highest BCUT2D eigenvalue weighted by atomic mass is 32.1. The average Bonchev–Trinajstić information content (AvgIpc) is 2.69. The summed E-state index contributed by atoms with van der Waals surface area (Å²) in [6, 6.07) is 5.55. The molecule has 13 heavy (non-hydrogen) atoms. The Morgan fingerprint density at radius 2 is 2.62 bits per heavy atom. The lowest BCUT2D eigenvalue weighted by atomic mass is 10.5. The highest BCUT2D eigenvalue weighted by Crippen LogP contribution is 2.07. The van der Waals surface area contributed by atoms with Crippen LogP contribution in [0.25, 0.3) is 0 Å². The second kappa shape index (κ2) is 4.77. The van der Waals surface area contributed by atoms with Crippen molar-refractivity contribution in [3.05, 3.63) is 22.4 Å². The predicted molar refractivity (Wildman–Crippen MR) is 62.3 cm³/mol. The Labute approximate surface area is 86.5 Å². The van der Waals surface area contributed by atoms with Crippen LogP contribution in [-0.4, -0.2) is 24.2 Å². The van der Waals surface area contributed by atoms with Crippen LogP contribution in [-0.2, 0) is 4.43 Å². The smallest absolute Gasteiger partial charge is 0.161 e. The van der Waals surface area contributed by atoms with Gasteiger partial charge >= 0.3 is 0 Å². The van der Waals surface area contributed by atoms with Gasteiger partial charge in [0, 0.05) is 6.61 Å². The van der Waals surface area contributed by atoms with E-state index >= 15 is 0 Å². The largest absolute Gasteiger partial charge is 0.426 e. The summed E-state index contributed by atoms with van der Waals surface area (Å²) >= 11 is 1.73. The summed E-state index contributed by atoms with van der Waals surface area (Å²) in [5.41, 5.74) is 3.46. The summed E-state index contributed by atoms with van der Waals surface area (Å²) in [6.07, 6.45) is 1.25. The van der Waals surface area contributed by atoms with Crippen LogP contribution >= 0.6 is 11.3 Å². The zero-order valence-electron chi connectivity index (χ0n) is 7.45. The number of rotatable bonds is 0. The molecule has 0 radical (unpaired) electrons. The Hall–Kier alpha value is -0.346. The number of hydrogen-bond acceptors (Lipinski definition) is 2. The molecule has 2 rings (SSSR count). The van der Waals surface area contributed by atoms with Crippen molar-refractivity contribution in [1.29, 1.82) is 0 Å². The second-order valence-electron chi connectivity index (χ2n) is 3.16. The Bertz CT molecular complexity index is 306. The molecule has 1 unspecified atom stereocenters. The van der Waals surface area contributed by atoms with E-state index in [9.17, 15) is 0 Å². The molecule has 4 heteroatoms. The third-order valence-electron chi connectivity index (χ3n) is 2.08. The van der Waals surface area contributed by atoms with Crippen LogP contribution in [0.1, 0.15) is 11.3 Å². The molecule has 1 aromatic heterocycles. The molecular formula is C9H12OSSi2. The fourth-order valence-electron chi connectivity index (χ4n) is 1.38. The van der Waals surface area contributed by atoms with Gasteiger partial charge < -0.3 is 4.43 Å². The Morgan fingerprint density at radius 3 is 3.31 bits per heavy atom. The Balaban J connectivity index is 1.95. The summed E-state index contributed by atoms with van der Waals surface area (Å²) in [4.78, 5) is 1.21. The Kier molecular flexibility index (Phi) is 3.38. The molecule has 0 saturated carbocycles. The van der Waals surface area contributed by atoms with Gasteiger partial charge in [-0.15, -0.1) is 16.9 Å². The van der Waals surface area contributed by atoms with Gasteiger partial charge in [-0.2, -0.15) is 0 Å². The number of hydrogen-bond donors (Lipinski definition) is 0. The molecule has 1 aliphatic heterocycles. The van der Waals surface area contributed by atoms with Crippen LogP contribution in [0, 0.1) is 11.5 Å². The van der Waals surface area contributed by atoms with Gasteiger partial charge in [0.05, 0.1) is 4.88 Å². The van der Waals surface area contributed by atoms with Crippen molar-refractivity contribution in [2.24, 2.45) is 0 Å². The van der Waals surface area contributed by atoms with Gasteiger partial charge in [-0.3, -0.25) is 0 Å². The van der Waals surface area contributed by atoms with Crippen molar-refractivity contribution in [1.82, 2.24) is 0 Å². The minimum atomic E-state index is -0.709. The van der Waals surface area contributed by atoms with E-state index in [-0.39, 0.29) is 9.28 Å². The molecule has 0 aliphatic carbocycles. The summed E-state index contributed by atoms with van der Waals surface area (Å²) < 4.78 is 5.55. The summed E-state index contributed by atoms with van der Waals surface area (Å²) in [5.74, 6) is 3.28. The highest BCUT2D eigenvalue weighted by molar-refractivity contribution is 7.14. The summed E-state index contributed by atoms with van der Waals surface area (Å²) in [7, 11) is -0.916. The van der Waals surface area contributed by atoms with Crippen molar-refractivity contribution in [2.75, 3.05) is 6.61 Å². The first-order valence-corrected chi connectivity index (χ1v) is 10.7. The van der Waals surface area contributed by atoms with E-state index in [2.05, 4.69) is 29.0 Å². The maximum atomic E-state index is 5.55. The van der Waals surface area contributed by atoms with Gasteiger partial charge in [0.15, 0.2) is 9.28 Å². The van der Waals surface area contributed by atoms with Crippen molar-refractivity contribution < 1.29 is 4.43 Å². The van der Waals surface area contributed by atoms with Crippen molar-refractivity contribution in [3.8, 4) is 11.5 Å². The first-order valence-electron chi connectivity index (χ1n) is 4.58. The minimum Gasteiger partial charge on any atom is -0.426 e. The molecule has 0 N–H and O–H groups in total. The van der Waals surface area contributed by atoms with E-state index in [4.69, 9.17) is 4.43 Å². The fraction of sp³-hybridized carbons (Fsp3) is 0.333. The second-order valence-corrected chi connectivity index (χ2v) is 11.1. The van der Waals surface area contributed by atoms with E-state index in [0.717, 1.165) is 6.61 Å². The zero-order chi connectivity index (χ0) is 8.93. The van der Waals surface area contributed by atoms with Crippen LogP contribution < -0.4 is 0 Å². The first-order chi connectivity index (χ1) is 6.45. The van der Waals surface area contributed by atoms with E-state index in [1.54, 1.807) is 11.3 Å². The maximum absolute atomic E-state index is 5.55. The van der Waals surface area contributed by atoms with Crippen LogP contribution in [0.2, 0.25) is 6.04 Å².